The van der Waals surface area contributed by atoms with Crippen LogP contribution in [-0.2, 0) is 4.79 Å². The lowest BCUT2D eigenvalue weighted by Gasteiger charge is -2.14. The van der Waals surface area contributed by atoms with Gasteiger partial charge in [0, 0.05) is 9.79 Å². The maximum atomic E-state index is 12.9. The van der Waals surface area contributed by atoms with Gasteiger partial charge >= 0.3 is 0 Å². The Balaban J connectivity index is 1.48. The van der Waals surface area contributed by atoms with Crippen molar-refractivity contribution >= 4 is 35.1 Å². The van der Waals surface area contributed by atoms with Crippen molar-refractivity contribution in [3.05, 3.63) is 84.4 Å². The Kier molecular flexibility index (Phi) is 6.69. The third kappa shape index (κ3) is 5.15. The summed E-state index contributed by atoms with van der Waals surface area (Å²) < 4.78 is 1.67. The smallest absolute Gasteiger partial charge is 0.237 e. The number of carbonyl (C=O) groups is 1. The standard InChI is InChI=1S/C23H21N5OS2/c1-16-10-6-8-14-20(16)28-23(25-26-27-28)30-17(2)22(29)24-19-13-7-9-15-21(19)31-18-11-4-3-5-12-18/h3-15,17H,1-2H3,(H,24,29). The van der Waals surface area contributed by atoms with Crippen molar-refractivity contribution in [3.63, 3.8) is 0 Å². The Labute approximate surface area is 189 Å². The summed E-state index contributed by atoms with van der Waals surface area (Å²) in [4.78, 5) is 15.0. The molecule has 1 heterocycles. The van der Waals surface area contributed by atoms with Gasteiger partial charge in [-0.15, -0.1) is 5.10 Å². The van der Waals surface area contributed by atoms with Gasteiger partial charge in [-0.1, -0.05) is 72.1 Å². The molecule has 1 atom stereocenters. The quantitative estimate of drug-likeness (QED) is 0.391. The molecule has 0 fully saturated rings. The summed E-state index contributed by atoms with van der Waals surface area (Å²) in [6.07, 6.45) is 0. The minimum absolute atomic E-state index is 0.106. The Morgan fingerprint density at radius 3 is 2.48 bits per heavy atom. The van der Waals surface area contributed by atoms with E-state index in [1.807, 2.05) is 92.7 Å². The van der Waals surface area contributed by atoms with Crippen molar-refractivity contribution in [2.45, 2.75) is 34.0 Å². The van der Waals surface area contributed by atoms with E-state index in [1.165, 1.54) is 11.8 Å². The van der Waals surface area contributed by atoms with Crippen molar-refractivity contribution in [1.82, 2.24) is 20.2 Å². The molecule has 8 heteroatoms. The fourth-order valence-electron chi connectivity index (χ4n) is 2.93. The van der Waals surface area contributed by atoms with Crippen LogP contribution >= 0.6 is 23.5 Å². The van der Waals surface area contributed by atoms with E-state index in [9.17, 15) is 4.79 Å². The number of aryl methyl sites for hydroxylation is 1. The van der Waals surface area contributed by atoms with Gasteiger partial charge in [-0.25, -0.2) is 0 Å². The predicted octanol–water partition coefficient (Wildman–Crippen LogP) is 5.24. The monoisotopic (exact) mass is 447 g/mol. The summed E-state index contributed by atoms with van der Waals surface area (Å²) >= 11 is 2.94. The fraction of sp³-hybridized carbons (Fsp3) is 0.130. The summed E-state index contributed by atoms with van der Waals surface area (Å²) in [6.45, 7) is 3.85. The number of anilines is 1. The molecule has 4 aromatic rings. The highest BCUT2D eigenvalue weighted by atomic mass is 32.2. The van der Waals surface area contributed by atoms with Crippen LogP contribution in [0.5, 0.6) is 0 Å². The lowest BCUT2D eigenvalue weighted by Crippen LogP contribution is -2.23. The molecule has 1 N–H and O–H groups in total. The van der Waals surface area contributed by atoms with Gasteiger partial charge in [-0.2, -0.15) is 4.68 Å². The normalized spacial score (nSPS) is 11.8. The fourth-order valence-corrected chi connectivity index (χ4v) is 4.65. The van der Waals surface area contributed by atoms with Crippen LogP contribution < -0.4 is 5.32 Å². The molecule has 0 aliphatic heterocycles. The van der Waals surface area contributed by atoms with E-state index < -0.39 is 0 Å². The first kappa shape index (κ1) is 21.1. The minimum Gasteiger partial charge on any atom is -0.324 e. The van der Waals surface area contributed by atoms with Gasteiger partial charge in [0.2, 0.25) is 11.1 Å². The first-order valence-corrected chi connectivity index (χ1v) is 11.5. The number of nitrogens with zero attached hydrogens (tertiary/aromatic N) is 4. The first-order valence-electron chi connectivity index (χ1n) is 9.75. The molecule has 1 amide bonds. The molecule has 3 aromatic carbocycles. The molecular weight excluding hydrogens is 426 g/mol. The van der Waals surface area contributed by atoms with Gasteiger partial charge in [0.15, 0.2) is 0 Å². The molecule has 31 heavy (non-hydrogen) atoms. The SMILES string of the molecule is Cc1ccccc1-n1nnnc1SC(C)C(=O)Nc1ccccc1Sc1ccccc1. The molecule has 156 valence electrons. The highest BCUT2D eigenvalue weighted by Gasteiger charge is 2.20. The number of hydrogen-bond acceptors (Lipinski definition) is 6. The summed E-state index contributed by atoms with van der Waals surface area (Å²) in [6, 6.07) is 25.8. The van der Waals surface area contributed by atoms with Crippen LogP contribution in [0.2, 0.25) is 0 Å². The van der Waals surface area contributed by atoms with Crippen molar-refractivity contribution in [1.29, 1.82) is 0 Å². The Morgan fingerprint density at radius 2 is 1.68 bits per heavy atom. The molecule has 0 radical (unpaired) electrons. The first-order chi connectivity index (χ1) is 15.1. The molecular formula is C23H21N5OS2. The largest absolute Gasteiger partial charge is 0.324 e. The second-order valence-corrected chi connectivity index (χ2v) is 9.24. The molecule has 0 spiro atoms. The van der Waals surface area contributed by atoms with E-state index in [4.69, 9.17) is 0 Å². The number of para-hydroxylation sites is 2. The average Bonchev–Trinajstić information content (AvgIpc) is 3.24. The van der Waals surface area contributed by atoms with Crippen LogP contribution in [0, 0.1) is 6.92 Å². The highest BCUT2D eigenvalue weighted by Crippen LogP contribution is 2.34. The maximum Gasteiger partial charge on any atom is 0.237 e. The van der Waals surface area contributed by atoms with Gasteiger partial charge in [0.1, 0.15) is 0 Å². The zero-order chi connectivity index (χ0) is 21.6. The Morgan fingerprint density at radius 1 is 0.968 bits per heavy atom. The topological polar surface area (TPSA) is 72.7 Å². The number of rotatable bonds is 7. The molecule has 4 rings (SSSR count). The number of carbonyl (C=O) groups excluding carboxylic acids is 1. The van der Waals surface area contributed by atoms with Crippen molar-refractivity contribution in [2.24, 2.45) is 0 Å². The number of tetrazole rings is 1. The number of amides is 1. The van der Waals surface area contributed by atoms with E-state index >= 15 is 0 Å². The zero-order valence-electron chi connectivity index (χ0n) is 17.1. The summed E-state index contributed by atoms with van der Waals surface area (Å²) in [5, 5.41) is 15.3. The van der Waals surface area contributed by atoms with Crippen LogP contribution in [0.15, 0.2) is 93.8 Å². The van der Waals surface area contributed by atoms with Crippen molar-refractivity contribution < 1.29 is 4.79 Å². The van der Waals surface area contributed by atoms with Gasteiger partial charge in [0.25, 0.3) is 0 Å². The number of thioether (sulfide) groups is 1. The van der Waals surface area contributed by atoms with Gasteiger partial charge in [0.05, 0.1) is 16.6 Å². The molecule has 1 aromatic heterocycles. The molecule has 0 aliphatic carbocycles. The average molecular weight is 448 g/mol. The molecule has 0 saturated carbocycles. The summed E-state index contributed by atoms with van der Waals surface area (Å²) in [5.74, 6) is -0.106. The lowest BCUT2D eigenvalue weighted by atomic mass is 10.2. The molecule has 0 aliphatic rings. The highest BCUT2D eigenvalue weighted by molar-refractivity contribution is 8.00. The lowest BCUT2D eigenvalue weighted by molar-refractivity contribution is -0.115. The predicted molar refractivity (Wildman–Crippen MR) is 125 cm³/mol. The van der Waals surface area contributed by atoms with Crippen LogP contribution in [-0.4, -0.2) is 31.4 Å². The van der Waals surface area contributed by atoms with Gasteiger partial charge in [-0.05, 0) is 60.2 Å². The summed E-state index contributed by atoms with van der Waals surface area (Å²) in [7, 11) is 0. The Bertz CT molecular complexity index is 1180. The molecule has 0 saturated heterocycles. The van der Waals surface area contributed by atoms with Crippen molar-refractivity contribution in [3.8, 4) is 5.69 Å². The molecule has 6 nitrogen and oxygen atoms in total. The van der Waals surface area contributed by atoms with Crippen LogP contribution in [0.4, 0.5) is 5.69 Å². The molecule has 0 bridgehead atoms. The second-order valence-electron chi connectivity index (χ2n) is 6.82. The number of hydrogen-bond donors (Lipinski definition) is 1. The van der Waals surface area contributed by atoms with Gasteiger partial charge in [-0.3, -0.25) is 4.79 Å². The number of aromatic nitrogens is 4. The number of benzene rings is 3. The van der Waals surface area contributed by atoms with E-state index in [0.717, 1.165) is 26.7 Å². The zero-order valence-corrected chi connectivity index (χ0v) is 18.7. The molecule has 1 unspecified atom stereocenters. The third-order valence-corrected chi connectivity index (χ3v) is 6.67. The van der Waals surface area contributed by atoms with E-state index in [0.29, 0.717) is 5.16 Å². The van der Waals surface area contributed by atoms with Crippen LogP contribution in [0.25, 0.3) is 5.69 Å². The van der Waals surface area contributed by atoms with E-state index in [2.05, 4.69) is 20.8 Å². The maximum absolute atomic E-state index is 12.9. The van der Waals surface area contributed by atoms with Crippen LogP contribution in [0.1, 0.15) is 12.5 Å². The summed E-state index contributed by atoms with van der Waals surface area (Å²) in [5.41, 5.74) is 2.74. The van der Waals surface area contributed by atoms with Crippen molar-refractivity contribution in [2.75, 3.05) is 5.32 Å². The van der Waals surface area contributed by atoms with E-state index in [1.54, 1.807) is 16.4 Å². The van der Waals surface area contributed by atoms with E-state index in [-0.39, 0.29) is 11.2 Å². The minimum atomic E-state index is -0.386. The third-order valence-electron chi connectivity index (χ3n) is 4.55. The second kappa shape index (κ2) is 9.80. The van der Waals surface area contributed by atoms with Crippen LogP contribution in [0.3, 0.4) is 0 Å². The number of nitrogens with one attached hydrogen (secondary N) is 1. The van der Waals surface area contributed by atoms with Gasteiger partial charge < -0.3 is 5.32 Å². The Hall–Kier alpha value is -3.10.